The van der Waals surface area contributed by atoms with Crippen molar-refractivity contribution in [2.45, 2.75) is 38.8 Å². The number of aryl methyl sites for hydroxylation is 1. The molecule has 0 amide bonds. The number of hydrogen-bond acceptors (Lipinski definition) is 3. The van der Waals surface area contributed by atoms with Crippen molar-refractivity contribution in [3.8, 4) is 0 Å². The molecule has 3 N–H and O–H groups in total. The summed E-state index contributed by atoms with van der Waals surface area (Å²) in [6.07, 6.45) is 5.62. The average Bonchev–Trinajstić information content (AvgIpc) is 2.64. The molecule has 2 atom stereocenters. The highest BCUT2D eigenvalue weighted by atomic mass is 16.4. The van der Waals surface area contributed by atoms with Crippen LogP contribution in [0.1, 0.15) is 31.9 Å². The molecule has 0 aromatic carbocycles. The van der Waals surface area contributed by atoms with Crippen LogP contribution in [0.5, 0.6) is 0 Å². The van der Waals surface area contributed by atoms with Crippen molar-refractivity contribution in [3.63, 3.8) is 0 Å². The average molecular weight is 211 g/mol. The summed E-state index contributed by atoms with van der Waals surface area (Å²) in [5, 5.41) is 12.9. The zero-order chi connectivity index (χ0) is 11.4. The molecule has 2 unspecified atom stereocenters. The minimum Gasteiger partial charge on any atom is -0.480 e. The van der Waals surface area contributed by atoms with Crippen LogP contribution in [0.3, 0.4) is 0 Å². The Morgan fingerprint density at radius 1 is 1.73 bits per heavy atom. The fraction of sp³-hybridized carbons (Fsp3) is 0.600. The van der Waals surface area contributed by atoms with Crippen LogP contribution in [0, 0.1) is 0 Å². The van der Waals surface area contributed by atoms with E-state index in [0.29, 0.717) is 0 Å². The van der Waals surface area contributed by atoms with E-state index in [1.807, 2.05) is 6.20 Å². The Hall–Kier alpha value is -1.36. The van der Waals surface area contributed by atoms with Crippen LogP contribution in [-0.2, 0) is 11.2 Å². The predicted octanol–water partition coefficient (Wildman–Crippen LogP) is 0.808. The van der Waals surface area contributed by atoms with Gasteiger partial charge in [0.1, 0.15) is 6.04 Å². The smallest absolute Gasteiger partial charge is 0.322 e. The molecule has 0 aliphatic carbocycles. The highest BCUT2D eigenvalue weighted by Crippen LogP contribution is 2.11. The number of nitrogens with two attached hydrogens (primary N) is 1. The van der Waals surface area contributed by atoms with E-state index in [1.54, 1.807) is 17.8 Å². The first-order chi connectivity index (χ1) is 7.06. The second kappa shape index (κ2) is 4.93. The summed E-state index contributed by atoms with van der Waals surface area (Å²) in [5.74, 6) is -1.00. The van der Waals surface area contributed by atoms with Gasteiger partial charge in [0.2, 0.25) is 0 Å². The number of aliphatic carboxylic acids is 1. The molecule has 1 aromatic rings. The molecule has 0 aliphatic heterocycles. The molecule has 0 bridgehead atoms. The molecule has 5 nitrogen and oxygen atoms in total. The van der Waals surface area contributed by atoms with Crippen molar-refractivity contribution in [1.29, 1.82) is 0 Å². The van der Waals surface area contributed by atoms with Crippen molar-refractivity contribution >= 4 is 5.97 Å². The zero-order valence-electron chi connectivity index (χ0n) is 9.05. The van der Waals surface area contributed by atoms with Crippen molar-refractivity contribution in [2.24, 2.45) is 5.73 Å². The molecule has 5 heteroatoms. The number of rotatable bonds is 5. The second-order valence-electron chi connectivity index (χ2n) is 3.68. The van der Waals surface area contributed by atoms with Crippen LogP contribution in [0.15, 0.2) is 12.4 Å². The largest absolute Gasteiger partial charge is 0.480 e. The van der Waals surface area contributed by atoms with Crippen LogP contribution >= 0.6 is 0 Å². The van der Waals surface area contributed by atoms with Crippen LogP contribution in [-0.4, -0.2) is 26.9 Å². The molecule has 1 heterocycles. The van der Waals surface area contributed by atoms with Crippen molar-refractivity contribution in [2.75, 3.05) is 0 Å². The normalized spacial score (nSPS) is 14.9. The molecule has 1 aromatic heterocycles. The van der Waals surface area contributed by atoms with Gasteiger partial charge < -0.3 is 10.8 Å². The number of nitrogens with zero attached hydrogens (tertiary/aromatic N) is 2. The van der Waals surface area contributed by atoms with Gasteiger partial charge in [0.05, 0.1) is 12.2 Å². The molecule has 0 fully saturated rings. The monoisotopic (exact) mass is 211 g/mol. The topological polar surface area (TPSA) is 81.1 Å². The first-order valence-corrected chi connectivity index (χ1v) is 5.07. The van der Waals surface area contributed by atoms with Gasteiger partial charge in [-0.05, 0) is 18.9 Å². The lowest BCUT2D eigenvalue weighted by atomic mass is 10.1. The summed E-state index contributed by atoms with van der Waals surface area (Å²) in [4.78, 5) is 10.7. The molecular formula is C10H17N3O2. The van der Waals surface area contributed by atoms with Gasteiger partial charge in [-0.3, -0.25) is 9.48 Å². The summed E-state index contributed by atoms with van der Waals surface area (Å²) < 4.78 is 1.61. The van der Waals surface area contributed by atoms with E-state index in [1.165, 1.54) is 0 Å². The van der Waals surface area contributed by atoms with Crippen LogP contribution in [0.4, 0.5) is 0 Å². The molecule has 1 rings (SSSR count). The quantitative estimate of drug-likeness (QED) is 0.755. The summed E-state index contributed by atoms with van der Waals surface area (Å²) in [6, 6.07) is -1.24. The second-order valence-corrected chi connectivity index (χ2v) is 3.68. The lowest BCUT2D eigenvalue weighted by molar-refractivity contribution is -0.139. The van der Waals surface area contributed by atoms with E-state index >= 15 is 0 Å². The van der Waals surface area contributed by atoms with Gasteiger partial charge >= 0.3 is 5.97 Å². The zero-order valence-corrected chi connectivity index (χ0v) is 9.05. The minimum atomic E-state index is -1.00. The van der Waals surface area contributed by atoms with Gasteiger partial charge in [0.15, 0.2) is 0 Å². The fourth-order valence-electron chi connectivity index (χ4n) is 1.39. The Labute approximate surface area is 88.9 Å². The SMILES string of the molecule is CCCc1cnn(C(C)C(N)C(=O)O)c1. The molecule has 0 saturated heterocycles. The van der Waals surface area contributed by atoms with Crippen LogP contribution in [0.2, 0.25) is 0 Å². The van der Waals surface area contributed by atoms with E-state index in [2.05, 4.69) is 12.0 Å². The number of carboxylic acid groups (broad SMARTS) is 1. The highest BCUT2D eigenvalue weighted by Gasteiger charge is 2.21. The Balaban J connectivity index is 2.73. The van der Waals surface area contributed by atoms with Crippen molar-refractivity contribution in [3.05, 3.63) is 18.0 Å². The lowest BCUT2D eigenvalue weighted by Crippen LogP contribution is -2.38. The first-order valence-electron chi connectivity index (χ1n) is 5.07. The Bertz CT molecular complexity index is 335. The van der Waals surface area contributed by atoms with Crippen molar-refractivity contribution in [1.82, 2.24) is 9.78 Å². The standard InChI is InChI=1S/C10H17N3O2/c1-3-4-8-5-12-13(6-8)7(2)9(11)10(14)15/h5-7,9H,3-4,11H2,1-2H3,(H,14,15). The van der Waals surface area contributed by atoms with E-state index in [9.17, 15) is 4.79 Å². The Morgan fingerprint density at radius 3 is 2.93 bits per heavy atom. The molecule has 84 valence electrons. The summed E-state index contributed by atoms with van der Waals surface area (Å²) in [7, 11) is 0. The maximum atomic E-state index is 10.7. The molecule has 0 aliphatic rings. The maximum absolute atomic E-state index is 10.7. The van der Waals surface area contributed by atoms with Crippen molar-refractivity contribution < 1.29 is 9.90 Å². The van der Waals surface area contributed by atoms with Gasteiger partial charge in [-0.15, -0.1) is 0 Å². The molecule has 0 saturated carbocycles. The van der Waals surface area contributed by atoms with Gasteiger partial charge in [-0.2, -0.15) is 5.10 Å². The van der Waals surface area contributed by atoms with E-state index in [4.69, 9.17) is 10.8 Å². The Kier molecular flexibility index (Phi) is 3.85. The van der Waals surface area contributed by atoms with E-state index in [-0.39, 0.29) is 6.04 Å². The molecule has 0 radical (unpaired) electrons. The summed E-state index contributed by atoms with van der Waals surface area (Å²) in [5.41, 5.74) is 6.63. The van der Waals surface area contributed by atoms with E-state index < -0.39 is 12.0 Å². The summed E-state index contributed by atoms with van der Waals surface area (Å²) >= 11 is 0. The lowest BCUT2D eigenvalue weighted by Gasteiger charge is -2.15. The van der Waals surface area contributed by atoms with Gasteiger partial charge in [-0.25, -0.2) is 0 Å². The first kappa shape index (κ1) is 11.7. The third kappa shape index (κ3) is 2.79. The van der Waals surface area contributed by atoms with Crippen LogP contribution in [0.25, 0.3) is 0 Å². The highest BCUT2D eigenvalue weighted by molar-refractivity contribution is 5.73. The van der Waals surface area contributed by atoms with Gasteiger partial charge in [-0.1, -0.05) is 13.3 Å². The molecule has 0 spiro atoms. The van der Waals surface area contributed by atoms with Crippen LogP contribution < -0.4 is 5.73 Å². The number of hydrogen-bond donors (Lipinski definition) is 2. The third-order valence-electron chi connectivity index (χ3n) is 2.42. The predicted molar refractivity (Wildman–Crippen MR) is 56.5 cm³/mol. The molecular weight excluding hydrogens is 194 g/mol. The van der Waals surface area contributed by atoms with E-state index in [0.717, 1.165) is 18.4 Å². The van der Waals surface area contributed by atoms with Gasteiger partial charge in [0.25, 0.3) is 0 Å². The number of carboxylic acids is 1. The third-order valence-corrected chi connectivity index (χ3v) is 2.42. The minimum absolute atomic E-state index is 0.326. The fourth-order valence-corrected chi connectivity index (χ4v) is 1.39. The number of carbonyl (C=O) groups is 1. The summed E-state index contributed by atoms with van der Waals surface area (Å²) in [6.45, 7) is 3.84. The Morgan fingerprint density at radius 2 is 2.40 bits per heavy atom. The molecule has 15 heavy (non-hydrogen) atoms. The number of aromatic nitrogens is 2. The maximum Gasteiger partial charge on any atom is 0.322 e. The van der Waals surface area contributed by atoms with Gasteiger partial charge in [0, 0.05) is 6.20 Å².